The first-order valence-corrected chi connectivity index (χ1v) is 12.9. The highest BCUT2D eigenvalue weighted by Crippen LogP contribution is 2.41. The van der Waals surface area contributed by atoms with E-state index in [2.05, 4.69) is 53.4 Å². The highest BCUT2D eigenvalue weighted by Gasteiger charge is 2.41. The summed E-state index contributed by atoms with van der Waals surface area (Å²) < 4.78 is 47.2. The van der Waals surface area contributed by atoms with E-state index < -0.39 is 12.1 Å². The minimum atomic E-state index is -5.08. The average Bonchev–Trinajstić information content (AvgIpc) is 3.35. The van der Waals surface area contributed by atoms with Crippen LogP contribution >= 0.6 is 0 Å². The van der Waals surface area contributed by atoms with Crippen LogP contribution in [0.4, 0.5) is 17.6 Å². The third kappa shape index (κ3) is 6.93. The summed E-state index contributed by atoms with van der Waals surface area (Å²) in [5.41, 5.74) is 5.26. The van der Waals surface area contributed by atoms with E-state index in [1.807, 2.05) is 24.0 Å². The number of hydrogen-bond donors (Lipinski definition) is 1. The summed E-state index contributed by atoms with van der Waals surface area (Å²) in [4.78, 5) is 16.3. The first kappa shape index (κ1) is 28.9. The number of rotatable bonds is 6. The molecule has 210 valence electrons. The molecule has 4 aromatic rings. The summed E-state index contributed by atoms with van der Waals surface area (Å²) in [5.74, 6) is -2.99. The van der Waals surface area contributed by atoms with Crippen LogP contribution in [0.2, 0.25) is 0 Å². The number of hydrogen-bond acceptors (Lipinski definition) is 4. The van der Waals surface area contributed by atoms with Gasteiger partial charge < -0.3 is 10.0 Å². The van der Waals surface area contributed by atoms with Gasteiger partial charge in [0.2, 0.25) is 0 Å². The molecule has 40 heavy (non-hydrogen) atoms. The summed E-state index contributed by atoms with van der Waals surface area (Å²) in [5, 5.41) is 11.9. The van der Waals surface area contributed by atoms with Crippen molar-refractivity contribution in [1.29, 1.82) is 0 Å². The normalized spacial score (nSPS) is 15.2. The lowest BCUT2D eigenvalue weighted by molar-refractivity contribution is -0.192. The predicted molar refractivity (Wildman–Crippen MR) is 143 cm³/mol. The molecule has 1 aliphatic rings. The van der Waals surface area contributed by atoms with Crippen LogP contribution in [0.5, 0.6) is 0 Å². The van der Waals surface area contributed by atoms with Crippen molar-refractivity contribution in [2.45, 2.75) is 30.9 Å². The van der Waals surface area contributed by atoms with Gasteiger partial charge in [0.15, 0.2) is 0 Å². The van der Waals surface area contributed by atoms with Gasteiger partial charge in [-0.25, -0.2) is 9.18 Å². The van der Waals surface area contributed by atoms with Gasteiger partial charge in [-0.15, -0.1) is 0 Å². The molecule has 0 saturated carbocycles. The topological polar surface area (TPSA) is 71.2 Å². The molecule has 0 aliphatic carbocycles. The lowest BCUT2D eigenvalue weighted by Gasteiger charge is -2.41. The fourth-order valence-electron chi connectivity index (χ4n) is 5.06. The standard InChI is InChI=1S/C28H29FN4.C2HF3O2/c1-32-27(21-25(31-32)23-10-12-24(29)13-11-23)28(26-9-5-6-17-30-26)15-19-33(20-16-28)18-14-22-7-3-2-4-8-22;3-2(4,5)1(6)7/h2-13,17,21H,14-16,18-20H2,1H3;(H,6,7). The smallest absolute Gasteiger partial charge is 0.475 e. The Morgan fingerprint density at radius 2 is 1.60 bits per heavy atom. The number of aliphatic carboxylic acids is 1. The average molecular weight is 555 g/mol. The summed E-state index contributed by atoms with van der Waals surface area (Å²) in [6, 6.07) is 25.6. The van der Waals surface area contributed by atoms with Crippen molar-refractivity contribution in [3.05, 3.63) is 108 Å². The van der Waals surface area contributed by atoms with Gasteiger partial charge >= 0.3 is 12.1 Å². The monoisotopic (exact) mass is 554 g/mol. The number of piperidine rings is 1. The molecule has 0 atom stereocenters. The minimum Gasteiger partial charge on any atom is -0.475 e. The maximum absolute atomic E-state index is 13.4. The molecular weight excluding hydrogens is 524 g/mol. The fourth-order valence-corrected chi connectivity index (χ4v) is 5.06. The van der Waals surface area contributed by atoms with Crippen LogP contribution in [0.3, 0.4) is 0 Å². The van der Waals surface area contributed by atoms with Gasteiger partial charge in [0.1, 0.15) is 5.82 Å². The maximum atomic E-state index is 13.4. The Kier molecular flexibility index (Phi) is 8.99. The van der Waals surface area contributed by atoms with Crippen LogP contribution in [0.15, 0.2) is 85.1 Å². The number of alkyl halides is 3. The van der Waals surface area contributed by atoms with Crippen molar-refractivity contribution >= 4 is 5.97 Å². The molecule has 3 heterocycles. The van der Waals surface area contributed by atoms with E-state index in [9.17, 15) is 17.6 Å². The summed E-state index contributed by atoms with van der Waals surface area (Å²) in [7, 11) is 2.01. The van der Waals surface area contributed by atoms with E-state index in [0.29, 0.717) is 0 Å². The molecule has 0 amide bonds. The Morgan fingerprint density at radius 1 is 0.975 bits per heavy atom. The molecule has 0 spiro atoms. The van der Waals surface area contributed by atoms with Crippen LogP contribution in [0.1, 0.15) is 29.8 Å². The fraction of sp³-hybridized carbons (Fsp3) is 0.300. The van der Waals surface area contributed by atoms with E-state index in [4.69, 9.17) is 20.0 Å². The van der Waals surface area contributed by atoms with E-state index in [-0.39, 0.29) is 11.2 Å². The van der Waals surface area contributed by atoms with Crippen molar-refractivity contribution in [1.82, 2.24) is 19.7 Å². The number of benzene rings is 2. The van der Waals surface area contributed by atoms with E-state index >= 15 is 0 Å². The van der Waals surface area contributed by atoms with Crippen molar-refractivity contribution in [2.24, 2.45) is 7.05 Å². The lowest BCUT2D eigenvalue weighted by atomic mass is 9.72. The van der Waals surface area contributed by atoms with Crippen molar-refractivity contribution in [3.8, 4) is 11.3 Å². The zero-order chi connectivity index (χ0) is 28.8. The van der Waals surface area contributed by atoms with Crippen LogP contribution < -0.4 is 0 Å². The minimum absolute atomic E-state index is 0.190. The maximum Gasteiger partial charge on any atom is 0.490 e. The second-order valence-corrected chi connectivity index (χ2v) is 9.72. The van der Waals surface area contributed by atoms with Crippen LogP contribution in [0.25, 0.3) is 11.3 Å². The van der Waals surface area contributed by atoms with Crippen molar-refractivity contribution in [3.63, 3.8) is 0 Å². The third-order valence-corrected chi connectivity index (χ3v) is 7.18. The first-order valence-electron chi connectivity index (χ1n) is 12.9. The molecule has 6 nitrogen and oxygen atoms in total. The second-order valence-electron chi connectivity index (χ2n) is 9.72. The highest BCUT2D eigenvalue weighted by molar-refractivity contribution is 5.73. The number of carboxylic acids is 1. The predicted octanol–water partition coefficient (Wildman–Crippen LogP) is 5.88. The quantitative estimate of drug-likeness (QED) is 0.302. The highest BCUT2D eigenvalue weighted by atomic mass is 19.4. The van der Waals surface area contributed by atoms with E-state index in [0.717, 1.165) is 55.8 Å². The number of carbonyl (C=O) groups is 1. The Hall–Kier alpha value is -4.05. The molecule has 2 aromatic carbocycles. The Morgan fingerprint density at radius 3 is 2.17 bits per heavy atom. The summed E-state index contributed by atoms with van der Waals surface area (Å²) in [6.07, 6.45) is -0.156. The first-order chi connectivity index (χ1) is 19.1. The number of pyridine rings is 1. The zero-order valence-corrected chi connectivity index (χ0v) is 22.0. The number of carboxylic acid groups (broad SMARTS) is 1. The van der Waals surface area contributed by atoms with Gasteiger partial charge in [-0.3, -0.25) is 9.67 Å². The van der Waals surface area contributed by atoms with Crippen molar-refractivity contribution in [2.75, 3.05) is 19.6 Å². The second kappa shape index (κ2) is 12.4. The van der Waals surface area contributed by atoms with Gasteiger partial charge in [-0.1, -0.05) is 36.4 Å². The molecule has 1 saturated heterocycles. The number of aromatic nitrogens is 3. The van der Waals surface area contributed by atoms with Crippen LogP contribution in [0, 0.1) is 5.82 Å². The Bertz CT molecular complexity index is 1380. The van der Waals surface area contributed by atoms with Gasteiger partial charge in [-0.05, 0) is 80.4 Å². The van der Waals surface area contributed by atoms with Crippen LogP contribution in [-0.2, 0) is 23.7 Å². The molecule has 0 unspecified atom stereocenters. The Labute approximate surface area is 229 Å². The summed E-state index contributed by atoms with van der Waals surface area (Å²) >= 11 is 0. The van der Waals surface area contributed by atoms with E-state index in [1.165, 1.54) is 23.4 Å². The molecule has 0 radical (unpaired) electrons. The number of aryl methyl sites for hydroxylation is 1. The molecule has 1 aliphatic heterocycles. The lowest BCUT2D eigenvalue weighted by Crippen LogP contribution is -2.45. The van der Waals surface area contributed by atoms with Crippen LogP contribution in [-0.4, -0.2) is 56.6 Å². The van der Waals surface area contributed by atoms with Gasteiger partial charge in [0.05, 0.1) is 22.5 Å². The number of likely N-dealkylation sites (tertiary alicyclic amines) is 1. The molecule has 10 heteroatoms. The largest absolute Gasteiger partial charge is 0.490 e. The SMILES string of the molecule is Cn1nc(-c2ccc(F)cc2)cc1C1(c2ccccn2)CCN(CCc2ccccc2)CC1.O=C(O)C(F)(F)F. The van der Waals surface area contributed by atoms with Gasteiger partial charge in [0.25, 0.3) is 0 Å². The summed E-state index contributed by atoms with van der Waals surface area (Å²) in [6.45, 7) is 3.09. The third-order valence-electron chi connectivity index (χ3n) is 7.18. The molecule has 1 N–H and O–H groups in total. The van der Waals surface area contributed by atoms with Gasteiger partial charge in [0, 0.05) is 25.4 Å². The number of nitrogens with zero attached hydrogens (tertiary/aromatic N) is 4. The van der Waals surface area contributed by atoms with Gasteiger partial charge in [-0.2, -0.15) is 18.3 Å². The number of halogens is 4. The zero-order valence-electron chi connectivity index (χ0n) is 22.0. The Balaban J connectivity index is 0.000000470. The molecule has 5 rings (SSSR count). The molecule has 2 aromatic heterocycles. The molecule has 0 bridgehead atoms. The molecule has 1 fully saturated rings. The van der Waals surface area contributed by atoms with Crippen molar-refractivity contribution < 1.29 is 27.5 Å². The van der Waals surface area contributed by atoms with E-state index in [1.54, 1.807) is 12.1 Å². The molecular formula is C30H30F4N4O2.